The van der Waals surface area contributed by atoms with Crippen LogP contribution in [-0.2, 0) is 0 Å². The van der Waals surface area contributed by atoms with Gasteiger partial charge in [0.2, 0.25) is 0 Å². The maximum atomic E-state index is 12.6. The molecule has 0 spiro atoms. The Balaban J connectivity index is 1.52. The van der Waals surface area contributed by atoms with Crippen LogP contribution in [0.15, 0.2) is 23.2 Å². The van der Waals surface area contributed by atoms with Gasteiger partial charge in [0.15, 0.2) is 5.96 Å². The Labute approximate surface area is 175 Å². The number of alkyl halides is 3. The minimum atomic E-state index is -4.16. The fraction of sp³-hybridized carbons (Fsp3) is 0.650. The summed E-state index contributed by atoms with van der Waals surface area (Å²) in [6.07, 6.45) is -2.58. The fourth-order valence-corrected chi connectivity index (χ4v) is 3.99. The summed E-state index contributed by atoms with van der Waals surface area (Å²) in [7, 11) is 4.93. The van der Waals surface area contributed by atoms with Crippen LogP contribution in [0.4, 0.5) is 18.9 Å². The van der Waals surface area contributed by atoms with Crippen molar-refractivity contribution < 1.29 is 22.6 Å². The van der Waals surface area contributed by atoms with Crippen LogP contribution in [0.5, 0.6) is 11.5 Å². The Morgan fingerprint density at radius 2 is 1.63 bits per heavy atom. The monoisotopic (exact) mass is 429 g/mol. The van der Waals surface area contributed by atoms with Crippen molar-refractivity contribution in [3.8, 4) is 11.5 Å². The molecule has 2 saturated heterocycles. The predicted octanol–water partition coefficient (Wildman–Crippen LogP) is 2.08. The SMILES string of the molecule is CN=C(NC1CCN(CC(F)(F)F)C1)NC1CCN(c2cc(OC)cc(OC)c2)C1. The van der Waals surface area contributed by atoms with Gasteiger partial charge in [0.25, 0.3) is 0 Å². The third kappa shape index (κ3) is 6.07. The summed E-state index contributed by atoms with van der Waals surface area (Å²) in [5.74, 6) is 2.11. The van der Waals surface area contributed by atoms with Crippen molar-refractivity contribution in [2.75, 3.05) is 58.9 Å². The van der Waals surface area contributed by atoms with Crippen molar-refractivity contribution >= 4 is 11.6 Å². The molecule has 0 aromatic heterocycles. The summed E-state index contributed by atoms with van der Waals surface area (Å²) in [5.41, 5.74) is 1.03. The average Bonchev–Trinajstić information content (AvgIpc) is 3.35. The van der Waals surface area contributed by atoms with Gasteiger partial charge in [0.1, 0.15) is 11.5 Å². The number of methoxy groups -OCH3 is 2. The van der Waals surface area contributed by atoms with Gasteiger partial charge in [-0.2, -0.15) is 13.2 Å². The van der Waals surface area contributed by atoms with Gasteiger partial charge in [-0.3, -0.25) is 9.89 Å². The molecule has 2 N–H and O–H groups in total. The zero-order chi connectivity index (χ0) is 21.7. The number of ether oxygens (including phenoxy) is 2. The van der Waals surface area contributed by atoms with Crippen LogP contribution in [0.3, 0.4) is 0 Å². The number of hydrogen-bond donors (Lipinski definition) is 2. The lowest BCUT2D eigenvalue weighted by Crippen LogP contribution is -2.49. The predicted molar refractivity (Wildman–Crippen MR) is 111 cm³/mol. The summed E-state index contributed by atoms with van der Waals surface area (Å²) in [6, 6.07) is 5.93. The van der Waals surface area contributed by atoms with Crippen LogP contribution < -0.4 is 25.0 Å². The summed E-state index contributed by atoms with van der Waals surface area (Å²) in [5, 5.41) is 6.68. The summed E-state index contributed by atoms with van der Waals surface area (Å²) < 4.78 is 48.5. The Morgan fingerprint density at radius 3 is 2.20 bits per heavy atom. The van der Waals surface area contributed by atoms with E-state index in [2.05, 4.69) is 20.5 Å². The van der Waals surface area contributed by atoms with E-state index in [0.717, 1.165) is 36.7 Å². The number of likely N-dealkylation sites (tertiary alicyclic amines) is 1. The van der Waals surface area contributed by atoms with E-state index in [4.69, 9.17) is 9.47 Å². The molecule has 168 valence electrons. The van der Waals surface area contributed by atoms with Gasteiger partial charge in [-0.15, -0.1) is 0 Å². The third-order valence-corrected chi connectivity index (χ3v) is 5.47. The lowest BCUT2D eigenvalue weighted by molar-refractivity contribution is -0.143. The highest BCUT2D eigenvalue weighted by molar-refractivity contribution is 5.80. The Morgan fingerprint density at radius 1 is 1.03 bits per heavy atom. The molecule has 0 amide bonds. The summed E-state index contributed by atoms with van der Waals surface area (Å²) >= 11 is 0. The van der Waals surface area contributed by atoms with Gasteiger partial charge in [-0.25, -0.2) is 0 Å². The zero-order valence-electron chi connectivity index (χ0n) is 17.6. The largest absolute Gasteiger partial charge is 0.497 e. The van der Waals surface area contributed by atoms with Crippen LogP contribution in [0.2, 0.25) is 0 Å². The first kappa shape index (κ1) is 22.3. The van der Waals surface area contributed by atoms with Gasteiger partial charge >= 0.3 is 6.18 Å². The van der Waals surface area contributed by atoms with Crippen molar-refractivity contribution in [3.05, 3.63) is 18.2 Å². The molecule has 2 fully saturated rings. The maximum Gasteiger partial charge on any atom is 0.401 e. The highest BCUT2D eigenvalue weighted by Crippen LogP contribution is 2.30. The number of rotatable bonds is 6. The molecule has 2 aliphatic rings. The second kappa shape index (κ2) is 9.63. The molecule has 2 atom stereocenters. The van der Waals surface area contributed by atoms with Crippen LogP contribution in [-0.4, -0.2) is 83.1 Å². The van der Waals surface area contributed by atoms with Crippen LogP contribution >= 0.6 is 0 Å². The van der Waals surface area contributed by atoms with E-state index in [9.17, 15) is 13.2 Å². The average molecular weight is 429 g/mol. The van der Waals surface area contributed by atoms with Crippen LogP contribution in [0.25, 0.3) is 0 Å². The van der Waals surface area contributed by atoms with E-state index in [1.165, 1.54) is 4.90 Å². The molecular weight excluding hydrogens is 399 g/mol. The normalized spacial score (nSPS) is 23.0. The number of nitrogens with zero attached hydrogens (tertiary/aromatic N) is 3. The molecule has 30 heavy (non-hydrogen) atoms. The Bertz CT molecular complexity index is 721. The van der Waals surface area contributed by atoms with E-state index < -0.39 is 12.7 Å². The second-order valence-electron chi connectivity index (χ2n) is 7.70. The molecule has 2 aliphatic heterocycles. The molecular formula is C20H30F3N5O2. The Hall–Kier alpha value is -2.36. The van der Waals surface area contributed by atoms with Crippen LogP contribution in [0, 0.1) is 0 Å². The minimum absolute atomic E-state index is 0.0429. The van der Waals surface area contributed by atoms with Gasteiger partial charge in [0, 0.05) is 69.2 Å². The first-order valence-corrected chi connectivity index (χ1v) is 10.1. The molecule has 0 radical (unpaired) electrons. The van der Waals surface area contributed by atoms with Crippen molar-refractivity contribution in [1.82, 2.24) is 15.5 Å². The third-order valence-electron chi connectivity index (χ3n) is 5.47. The molecule has 1 aromatic carbocycles. The number of nitrogens with one attached hydrogen (secondary N) is 2. The molecule has 0 saturated carbocycles. The second-order valence-corrected chi connectivity index (χ2v) is 7.70. The van der Waals surface area contributed by atoms with E-state index in [1.54, 1.807) is 21.3 Å². The fourth-order valence-electron chi connectivity index (χ4n) is 3.99. The summed E-state index contributed by atoms with van der Waals surface area (Å²) in [4.78, 5) is 7.94. The van der Waals surface area contributed by atoms with Gasteiger partial charge < -0.3 is 25.0 Å². The molecule has 0 aliphatic carbocycles. The Kier molecular flexibility index (Phi) is 7.17. The molecule has 7 nitrogen and oxygen atoms in total. The van der Waals surface area contributed by atoms with Crippen LogP contribution in [0.1, 0.15) is 12.8 Å². The van der Waals surface area contributed by atoms with E-state index in [0.29, 0.717) is 25.5 Å². The molecule has 2 heterocycles. The molecule has 0 bridgehead atoms. The number of aliphatic imine (C=N–C) groups is 1. The minimum Gasteiger partial charge on any atom is -0.497 e. The maximum absolute atomic E-state index is 12.6. The first-order chi connectivity index (χ1) is 14.3. The standard InChI is InChI=1S/C20H30F3N5O2/c1-24-19(25-14-4-6-27(11-14)13-20(21,22)23)26-15-5-7-28(12-15)16-8-17(29-2)10-18(9-16)30-3/h8-10,14-15H,4-7,11-13H2,1-3H3,(H2,24,25,26). The number of benzene rings is 1. The smallest absolute Gasteiger partial charge is 0.401 e. The number of hydrogen-bond acceptors (Lipinski definition) is 5. The number of anilines is 1. The molecule has 10 heteroatoms. The van der Waals surface area contributed by atoms with E-state index in [1.807, 2.05) is 18.2 Å². The molecule has 3 rings (SSSR count). The lowest BCUT2D eigenvalue weighted by Gasteiger charge is -2.23. The zero-order valence-corrected chi connectivity index (χ0v) is 17.6. The van der Waals surface area contributed by atoms with Gasteiger partial charge in [0.05, 0.1) is 20.8 Å². The van der Waals surface area contributed by atoms with Crippen molar-refractivity contribution in [1.29, 1.82) is 0 Å². The topological polar surface area (TPSA) is 61.4 Å². The van der Waals surface area contributed by atoms with E-state index in [-0.39, 0.29) is 12.1 Å². The van der Waals surface area contributed by atoms with Gasteiger partial charge in [-0.1, -0.05) is 0 Å². The number of halogens is 3. The van der Waals surface area contributed by atoms with Gasteiger partial charge in [-0.05, 0) is 12.8 Å². The van der Waals surface area contributed by atoms with Crippen molar-refractivity contribution in [3.63, 3.8) is 0 Å². The highest BCUT2D eigenvalue weighted by Gasteiger charge is 2.34. The molecule has 1 aromatic rings. The highest BCUT2D eigenvalue weighted by atomic mass is 19.4. The van der Waals surface area contributed by atoms with Crippen molar-refractivity contribution in [2.24, 2.45) is 4.99 Å². The lowest BCUT2D eigenvalue weighted by atomic mass is 10.2. The molecule has 2 unspecified atom stereocenters. The van der Waals surface area contributed by atoms with Crippen molar-refractivity contribution in [2.45, 2.75) is 31.1 Å². The van der Waals surface area contributed by atoms with E-state index >= 15 is 0 Å². The first-order valence-electron chi connectivity index (χ1n) is 10.1. The summed E-state index contributed by atoms with van der Waals surface area (Å²) in [6.45, 7) is 1.58. The number of guanidine groups is 1. The quantitative estimate of drug-likeness (QED) is 0.534.